The van der Waals surface area contributed by atoms with Crippen LogP contribution in [0.25, 0.3) is 0 Å². The number of thiol groups is 1. The Morgan fingerprint density at radius 1 is 1.50 bits per heavy atom. The van der Waals surface area contributed by atoms with Crippen LogP contribution in [0, 0.1) is 0 Å². The zero-order valence-corrected chi connectivity index (χ0v) is 9.48. The van der Waals surface area contributed by atoms with Crippen LogP contribution >= 0.6 is 24.2 Å². The molecule has 0 saturated heterocycles. The molecule has 4 heteroatoms. The van der Waals surface area contributed by atoms with E-state index in [1.54, 1.807) is 19.1 Å². The molecule has 0 saturated carbocycles. The summed E-state index contributed by atoms with van der Waals surface area (Å²) >= 11 is 9.75. The predicted molar refractivity (Wildman–Crippen MR) is 61.7 cm³/mol. The van der Waals surface area contributed by atoms with Crippen LogP contribution in [-0.2, 0) is 11.3 Å². The van der Waals surface area contributed by atoms with Gasteiger partial charge in [-0.15, -0.1) is 0 Å². The number of amides is 1. The Morgan fingerprint density at radius 2 is 2.07 bits per heavy atom. The Labute approximate surface area is 94.1 Å². The third-order valence-corrected chi connectivity index (χ3v) is 2.25. The highest BCUT2D eigenvalue weighted by molar-refractivity contribution is 7.81. The first-order chi connectivity index (χ1) is 6.59. The van der Waals surface area contributed by atoms with Crippen molar-refractivity contribution in [2.24, 2.45) is 0 Å². The van der Waals surface area contributed by atoms with Gasteiger partial charge in [-0.05, 0) is 24.6 Å². The number of benzene rings is 1. The van der Waals surface area contributed by atoms with E-state index in [0.29, 0.717) is 11.6 Å². The summed E-state index contributed by atoms with van der Waals surface area (Å²) in [4.78, 5) is 11.2. The van der Waals surface area contributed by atoms with Gasteiger partial charge in [0.05, 0.1) is 5.25 Å². The zero-order chi connectivity index (χ0) is 10.6. The minimum Gasteiger partial charge on any atom is -0.351 e. The van der Waals surface area contributed by atoms with Crippen molar-refractivity contribution in [3.05, 3.63) is 34.9 Å². The molecule has 76 valence electrons. The van der Waals surface area contributed by atoms with Crippen LogP contribution in [0.4, 0.5) is 0 Å². The lowest BCUT2D eigenvalue weighted by molar-refractivity contribution is -0.120. The maximum Gasteiger partial charge on any atom is 0.232 e. The first-order valence-corrected chi connectivity index (χ1v) is 5.19. The van der Waals surface area contributed by atoms with E-state index in [0.717, 1.165) is 5.56 Å². The highest BCUT2D eigenvalue weighted by Crippen LogP contribution is 2.09. The Bertz CT molecular complexity index is 310. The van der Waals surface area contributed by atoms with Crippen molar-refractivity contribution in [1.82, 2.24) is 5.32 Å². The second-order valence-electron chi connectivity index (χ2n) is 3.02. The molecule has 1 amide bonds. The van der Waals surface area contributed by atoms with E-state index in [1.165, 1.54) is 0 Å². The van der Waals surface area contributed by atoms with Crippen molar-refractivity contribution >= 4 is 30.1 Å². The molecule has 1 unspecified atom stereocenters. The molecule has 0 aromatic heterocycles. The summed E-state index contributed by atoms with van der Waals surface area (Å²) in [5.74, 6) is -0.0664. The van der Waals surface area contributed by atoms with Crippen molar-refractivity contribution in [3.8, 4) is 0 Å². The number of nitrogens with one attached hydrogen (secondary N) is 1. The maximum atomic E-state index is 11.2. The number of carbonyl (C=O) groups is 1. The molecule has 1 aromatic carbocycles. The number of carbonyl (C=O) groups excluding carboxylic acids is 1. The molecule has 0 radical (unpaired) electrons. The van der Waals surface area contributed by atoms with E-state index >= 15 is 0 Å². The summed E-state index contributed by atoms with van der Waals surface area (Å²) in [5.41, 5.74) is 1.02. The molecule has 0 aliphatic rings. The fraction of sp³-hybridized carbons (Fsp3) is 0.300. The Hall–Kier alpha value is -0.670. The Balaban J connectivity index is 2.46. The van der Waals surface area contributed by atoms with E-state index in [1.807, 2.05) is 12.1 Å². The highest BCUT2D eigenvalue weighted by Gasteiger charge is 2.06. The van der Waals surface area contributed by atoms with Crippen molar-refractivity contribution < 1.29 is 4.79 Å². The van der Waals surface area contributed by atoms with Crippen molar-refractivity contribution in [1.29, 1.82) is 0 Å². The predicted octanol–water partition coefficient (Wildman–Crippen LogP) is 2.27. The lowest BCUT2D eigenvalue weighted by atomic mass is 10.2. The van der Waals surface area contributed by atoms with Crippen molar-refractivity contribution in [3.63, 3.8) is 0 Å². The van der Waals surface area contributed by atoms with Gasteiger partial charge in [0.15, 0.2) is 0 Å². The van der Waals surface area contributed by atoms with E-state index in [-0.39, 0.29) is 11.2 Å². The molecule has 0 bridgehead atoms. The summed E-state index contributed by atoms with van der Waals surface area (Å²) in [5, 5.41) is 3.18. The quantitative estimate of drug-likeness (QED) is 0.766. The third kappa shape index (κ3) is 3.60. The van der Waals surface area contributed by atoms with E-state index < -0.39 is 0 Å². The monoisotopic (exact) mass is 229 g/mol. The first-order valence-electron chi connectivity index (χ1n) is 4.30. The van der Waals surface area contributed by atoms with Gasteiger partial charge >= 0.3 is 0 Å². The van der Waals surface area contributed by atoms with Gasteiger partial charge < -0.3 is 5.32 Å². The Kier molecular flexibility index (Phi) is 4.29. The molecule has 14 heavy (non-hydrogen) atoms. The smallest absolute Gasteiger partial charge is 0.232 e. The second kappa shape index (κ2) is 5.27. The molecule has 1 rings (SSSR count). The highest BCUT2D eigenvalue weighted by atomic mass is 35.5. The van der Waals surface area contributed by atoms with Crippen LogP contribution in [0.15, 0.2) is 24.3 Å². The van der Waals surface area contributed by atoms with E-state index in [4.69, 9.17) is 11.6 Å². The number of hydrogen-bond acceptors (Lipinski definition) is 2. The fourth-order valence-electron chi connectivity index (χ4n) is 0.939. The van der Waals surface area contributed by atoms with E-state index in [2.05, 4.69) is 17.9 Å². The molecule has 1 N–H and O–H groups in total. The third-order valence-electron chi connectivity index (χ3n) is 1.76. The summed E-state index contributed by atoms with van der Waals surface area (Å²) in [6, 6.07) is 7.36. The zero-order valence-electron chi connectivity index (χ0n) is 7.83. The molecule has 1 aromatic rings. The molecule has 0 heterocycles. The van der Waals surface area contributed by atoms with Gasteiger partial charge in [-0.2, -0.15) is 12.6 Å². The lowest BCUT2D eigenvalue weighted by Crippen LogP contribution is -2.29. The lowest BCUT2D eigenvalue weighted by Gasteiger charge is -2.06. The largest absolute Gasteiger partial charge is 0.351 e. The molecule has 0 spiro atoms. The average Bonchev–Trinajstić information content (AvgIpc) is 2.16. The SMILES string of the molecule is CC(S)C(=O)NCc1ccc(Cl)cc1. The Morgan fingerprint density at radius 3 is 2.57 bits per heavy atom. The molecule has 1 atom stereocenters. The van der Waals surface area contributed by atoms with Gasteiger partial charge in [0.25, 0.3) is 0 Å². The van der Waals surface area contributed by atoms with Gasteiger partial charge in [-0.3, -0.25) is 4.79 Å². The minimum absolute atomic E-state index is 0.0664. The van der Waals surface area contributed by atoms with Crippen molar-refractivity contribution in [2.45, 2.75) is 18.7 Å². The van der Waals surface area contributed by atoms with Gasteiger partial charge in [0.2, 0.25) is 5.91 Å². The number of rotatable bonds is 3. The van der Waals surface area contributed by atoms with Crippen LogP contribution in [0.5, 0.6) is 0 Å². The molecule has 0 fully saturated rings. The second-order valence-corrected chi connectivity index (χ2v) is 4.23. The molecule has 0 aliphatic carbocycles. The van der Waals surface area contributed by atoms with Crippen LogP contribution < -0.4 is 5.32 Å². The van der Waals surface area contributed by atoms with Crippen LogP contribution in [0.2, 0.25) is 5.02 Å². The van der Waals surface area contributed by atoms with Gasteiger partial charge in [-0.1, -0.05) is 23.7 Å². The summed E-state index contributed by atoms with van der Waals surface area (Å²) in [7, 11) is 0. The summed E-state index contributed by atoms with van der Waals surface area (Å²) in [6.07, 6.45) is 0. The van der Waals surface area contributed by atoms with Gasteiger partial charge in [0.1, 0.15) is 0 Å². The van der Waals surface area contributed by atoms with Crippen LogP contribution in [0.3, 0.4) is 0 Å². The van der Waals surface area contributed by atoms with Crippen LogP contribution in [0.1, 0.15) is 12.5 Å². The van der Waals surface area contributed by atoms with Crippen molar-refractivity contribution in [2.75, 3.05) is 0 Å². The summed E-state index contributed by atoms with van der Waals surface area (Å²) in [6.45, 7) is 2.25. The number of hydrogen-bond donors (Lipinski definition) is 2. The minimum atomic E-state index is -0.276. The maximum absolute atomic E-state index is 11.2. The molecule has 0 aliphatic heterocycles. The van der Waals surface area contributed by atoms with E-state index in [9.17, 15) is 4.79 Å². The van der Waals surface area contributed by atoms with Gasteiger partial charge in [-0.25, -0.2) is 0 Å². The van der Waals surface area contributed by atoms with Gasteiger partial charge in [0, 0.05) is 11.6 Å². The average molecular weight is 230 g/mol. The van der Waals surface area contributed by atoms with Crippen LogP contribution in [-0.4, -0.2) is 11.2 Å². The first kappa shape index (κ1) is 11.4. The topological polar surface area (TPSA) is 29.1 Å². The molecular formula is C10H12ClNOS. The molecule has 2 nitrogen and oxygen atoms in total. The standard InChI is InChI=1S/C10H12ClNOS/c1-7(14)10(13)12-6-8-2-4-9(11)5-3-8/h2-5,7,14H,6H2,1H3,(H,12,13). The number of halogens is 1. The molecular weight excluding hydrogens is 218 g/mol. The summed E-state index contributed by atoms with van der Waals surface area (Å²) < 4.78 is 0. The normalized spacial score (nSPS) is 12.2. The fourth-order valence-corrected chi connectivity index (χ4v) is 1.16.